The summed E-state index contributed by atoms with van der Waals surface area (Å²) < 4.78 is 29.9. The number of carbonyl (C=O) groups excluding carboxylic acids is 1. The van der Waals surface area contributed by atoms with E-state index in [2.05, 4.69) is 19.9 Å². The van der Waals surface area contributed by atoms with Crippen molar-refractivity contribution in [3.8, 4) is 5.75 Å². The minimum Gasteiger partial charge on any atom is -0.486 e. The van der Waals surface area contributed by atoms with Crippen LogP contribution in [-0.4, -0.2) is 20.8 Å². The van der Waals surface area contributed by atoms with E-state index in [0.29, 0.717) is 11.3 Å². The molecule has 7 heteroatoms. The largest absolute Gasteiger partial charge is 0.486 e. The Kier molecular flexibility index (Phi) is 7.21. The molecule has 0 fully saturated rings. The standard InChI is InChI=1S/C23H33NO4S2/c1-8-23(9-2,20-13-16(4)21(29-20)30(24,26)27)17-10-11-18(15(3)12-17)28-14-19(25)22(5,6)7/h10-13H,8-9,14H2,1-7H3,(H2,24,26,27). The predicted octanol–water partition coefficient (Wildman–Crippen LogP) is 5.11. The molecule has 1 aromatic carbocycles. The lowest BCUT2D eigenvalue weighted by Gasteiger charge is -2.32. The van der Waals surface area contributed by atoms with E-state index in [1.54, 1.807) is 6.92 Å². The van der Waals surface area contributed by atoms with E-state index in [0.717, 1.165) is 28.8 Å². The van der Waals surface area contributed by atoms with Crippen LogP contribution in [0, 0.1) is 19.3 Å². The molecule has 0 atom stereocenters. The molecule has 2 N–H and O–H groups in total. The highest BCUT2D eigenvalue weighted by atomic mass is 32.2. The number of nitrogens with two attached hydrogens (primary N) is 1. The van der Waals surface area contributed by atoms with Crippen molar-refractivity contribution in [2.24, 2.45) is 10.6 Å². The van der Waals surface area contributed by atoms with Gasteiger partial charge in [0.05, 0.1) is 0 Å². The first-order valence-electron chi connectivity index (χ1n) is 10.2. The molecule has 0 bridgehead atoms. The molecule has 166 valence electrons. The van der Waals surface area contributed by atoms with Gasteiger partial charge >= 0.3 is 0 Å². The molecule has 2 rings (SSSR count). The molecule has 0 amide bonds. The number of thiophene rings is 1. The van der Waals surface area contributed by atoms with Gasteiger partial charge < -0.3 is 4.74 Å². The smallest absolute Gasteiger partial charge is 0.247 e. The summed E-state index contributed by atoms with van der Waals surface area (Å²) in [6.45, 7) is 13.6. The molecular formula is C23H33NO4S2. The lowest BCUT2D eigenvalue weighted by atomic mass is 9.74. The van der Waals surface area contributed by atoms with E-state index < -0.39 is 15.4 Å². The molecule has 30 heavy (non-hydrogen) atoms. The van der Waals surface area contributed by atoms with Crippen LogP contribution in [0.1, 0.15) is 69.0 Å². The van der Waals surface area contributed by atoms with Gasteiger partial charge in [-0.2, -0.15) is 0 Å². The van der Waals surface area contributed by atoms with Crippen molar-refractivity contribution in [1.29, 1.82) is 0 Å². The highest BCUT2D eigenvalue weighted by Crippen LogP contribution is 2.45. The van der Waals surface area contributed by atoms with Crippen LogP contribution in [-0.2, 0) is 20.2 Å². The van der Waals surface area contributed by atoms with E-state index in [4.69, 9.17) is 9.88 Å². The van der Waals surface area contributed by atoms with Gasteiger partial charge in [0, 0.05) is 15.7 Å². The minimum absolute atomic E-state index is 0.0399. The summed E-state index contributed by atoms with van der Waals surface area (Å²) in [4.78, 5) is 13.2. The topological polar surface area (TPSA) is 86.5 Å². The third-order valence-electron chi connectivity index (χ3n) is 5.73. The number of aryl methyl sites for hydroxylation is 2. The van der Waals surface area contributed by atoms with Gasteiger partial charge in [0.2, 0.25) is 10.0 Å². The Balaban J connectivity index is 2.44. The first-order chi connectivity index (χ1) is 13.8. The van der Waals surface area contributed by atoms with E-state index in [1.165, 1.54) is 11.3 Å². The summed E-state index contributed by atoms with van der Waals surface area (Å²) in [5, 5.41) is 5.41. The number of carbonyl (C=O) groups is 1. The van der Waals surface area contributed by atoms with Gasteiger partial charge in [0.1, 0.15) is 16.6 Å². The average molecular weight is 452 g/mol. The molecule has 0 saturated carbocycles. The maximum atomic E-state index is 12.2. The molecule has 2 aromatic rings. The molecule has 0 spiro atoms. The van der Waals surface area contributed by atoms with Gasteiger partial charge in [-0.25, -0.2) is 13.6 Å². The Morgan fingerprint density at radius 2 is 1.67 bits per heavy atom. The highest BCUT2D eigenvalue weighted by Gasteiger charge is 2.34. The van der Waals surface area contributed by atoms with Gasteiger partial charge in [0.15, 0.2) is 5.78 Å². The Morgan fingerprint density at radius 3 is 2.10 bits per heavy atom. The molecule has 0 unspecified atom stereocenters. The Hall–Kier alpha value is -1.70. The van der Waals surface area contributed by atoms with Crippen molar-refractivity contribution in [3.63, 3.8) is 0 Å². The van der Waals surface area contributed by atoms with Gasteiger partial charge in [-0.05, 0) is 55.5 Å². The SMILES string of the molecule is CCC(CC)(c1ccc(OCC(=O)C(C)(C)C)c(C)c1)c1cc(C)c(S(N)(=O)=O)s1. The number of benzene rings is 1. The van der Waals surface area contributed by atoms with Gasteiger partial charge in [-0.15, -0.1) is 11.3 Å². The van der Waals surface area contributed by atoms with Crippen molar-refractivity contribution in [1.82, 2.24) is 0 Å². The zero-order chi connectivity index (χ0) is 22.9. The van der Waals surface area contributed by atoms with Crippen molar-refractivity contribution < 1.29 is 17.9 Å². The number of sulfonamides is 1. The molecular weight excluding hydrogens is 418 g/mol. The number of ketones is 1. The summed E-state index contributed by atoms with van der Waals surface area (Å²) in [6, 6.07) is 7.94. The normalized spacial score (nSPS) is 12.8. The van der Waals surface area contributed by atoms with Crippen LogP contribution in [0.4, 0.5) is 0 Å². The molecule has 5 nitrogen and oxygen atoms in total. The second kappa shape index (κ2) is 8.81. The number of hydrogen-bond acceptors (Lipinski definition) is 5. The van der Waals surface area contributed by atoms with Crippen LogP contribution < -0.4 is 9.88 Å². The maximum absolute atomic E-state index is 12.2. The Bertz CT molecular complexity index is 1030. The fourth-order valence-electron chi connectivity index (χ4n) is 3.60. The van der Waals surface area contributed by atoms with Crippen LogP contribution >= 0.6 is 11.3 Å². The molecule has 0 aliphatic rings. The lowest BCUT2D eigenvalue weighted by molar-refractivity contribution is -0.128. The third-order valence-corrected chi connectivity index (χ3v) is 8.75. The van der Waals surface area contributed by atoms with Crippen molar-refractivity contribution in [3.05, 3.63) is 45.8 Å². The molecule has 1 aromatic heterocycles. The monoisotopic (exact) mass is 451 g/mol. The van der Waals surface area contributed by atoms with Gasteiger partial charge in [-0.1, -0.05) is 46.8 Å². The van der Waals surface area contributed by atoms with Crippen molar-refractivity contribution in [2.75, 3.05) is 6.61 Å². The number of hydrogen-bond donors (Lipinski definition) is 1. The third kappa shape index (κ3) is 4.95. The fourth-order valence-corrected chi connectivity index (χ4v) is 6.10. The quantitative estimate of drug-likeness (QED) is 0.604. The van der Waals surface area contributed by atoms with E-state index in [-0.39, 0.29) is 22.0 Å². The van der Waals surface area contributed by atoms with Crippen LogP contribution in [0.2, 0.25) is 0 Å². The van der Waals surface area contributed by atoms with E-state index in [1.807, 2.05) is 45.9 Å². The fraction of sp³-hybridized carbons (Fsp3) is 0.522. The maximum Gasteiger partial charge on any atom is 0.247 e. The Morgan fingerprint density at radius 1 is 1.07 bits per heavy atom. The van der Waals surface area contributed by atoms with Crippen LogP contribution in [0.25, 0.3) is 0 Å². The van der Waals surface area contributed by atoms with Crippen molar-refractivity contribution >= 4 is 27.1 Å². The second-order valence-electron chi connectivity index (χ2n) is 8.86. The highest BCUT2D eigenvalue weighted by molar-refractivity contribution is 7.91. The lowest BCUT2D eigenvalue weighted by Crippen LogP contribution is -2.27. The number of rotatable bonds is 8. The molecule has 0 radical (unpaired) electrons. The number of ether oxygens (including phenoxy) is 1. The summed E-state index contributed by atoms with van der Waals surface area (Å²) in [7, 11) is -3.75. The first kappa shape index (κ1) is 24.6. The Labute approximate surface area is 184 Å². The number of primary sulfonamides is 1. The van der Waals surface area contributed by atoms with E-state index in [9.17, 15) is 13.2 Å². The second-order valence-corrected chi connectivity index (χ2v) is 11.7. The van der Waals surface area contributed by atoms with Gasteiger partial charge in [0.25, 0.3) is 0 Å². The minimum atomic E-state index is -3.75. The van der Waals surface area contributed by atoms with Crippen LogP contribution in [0.3, 0.4) is 0 Å². The molecule has 0 aliphatic carbocycles. The number of Topliss-reactive ketones (excluding diaryl/α,β-unsaturated/α-hetero) is 1. The molecule has 0 aliphatic heterocycles. The molecule has 1 heterocycles. The summed E-state index contributed by atoms with van der Waals surface area (Å²) >= 11 is 1.26. The summed E-state index contributed by atoms with van der Waals surface area (Å²) in [5.41, 5.74) is 1.97. The van der Waals surface area contributed by atoms with E-state index >= 15 is 0 Å². The first-order valence-corrected chi connectivity index (χ1v) is 12.5. The van der Waals surface area contributed by atoms with Gasteiger partial charge in [-0.3, -0.25) is 4.79 Å². The average Bonchev–Trinajstić information content (AvgIpc) is 3.04. The molecule has 0 saturated heterocycles. The van der Waals surface area contributed by atoms with Crippen LogP contribution in [0.5, 0.6) is 5.75 Å². The van der Waals surface area contributed by atoms with Crippen LogP contribution in [0.15, 0.2) is 28.5 Å². The summed E-state index contributed by atoms with van der Waals surface area (Å²) in [6.07, 6.45) is 1.63. The summed E-state index contributed by atoms with van der Waals surface area (Å²) in [5.74, 6) is 0.733. The van der Waals surface area contributed by atoms with Crippen molar-refractivity contribution in [2.45, 2.75) is 70.9 Å². The predicted molar refractivity (Wildman–Crippen MR) is 123 cm³/mol. The zero-order valence-corrected chi connectivity index (χ0v) is 20.6. The zero-order valence-electron chi connectivity index (χ0n) is 19.0.